The topological polar surface area (TPSA) is 18.5 Å². The highest BCUT2D eigenvalue weighted by atomic mass is 35.5. The predicted octanol–water partition coefficient (Wildman–Crippen LogP) is 8.59. The van der Waals surface area contributed by atoms with Gasteiger partial charge in [0.25, 0.3) is 0 Å². The van der Waals surface area contributed by atoms with Gasteiger partial charge in [0.15, 0.2) is 11.5 Å². The second-order valence-corrected chi connectivity index (χ2v) is 10.8. The largest absolute Gasteiger partial charge is 0.385 e. The Balaban J connectivity index is 2.35. The zero-order valence-electron chi connectivity index (χ0n) is 18.3. The molecule has 1 heterocycles. The van der Waals surface area contributed by atoms with Crippen molar-refractivity contribution in [2.45, 2.75) is 58.3 Å². The summed E-state index contributed by atoms with van der Waals surface area (Å²) >= 11 is 13.8. The molecule has 0 N–H and O–H groups in total. The summed E-state index contributed by atoms with van der Waals surface area (Å²) in [6.45, 7) is 12.9. The van der Waals surface area contributed by atoms with Gasteiger partial charge in [0.1, 0.15) is 23.7 Å². The van der Waals surface area contributed by atoms with Gasteiger partial charge in [0.2, 0.25) is 0 Å². The number of halogens is 2. The Bertz CT molecular complexity index is 933. The summed E-state index contributed by atoms with van der Waals surface area (Å²) in [5, 5.41) is 2.08. The molecule has 0 aliphatic carbocycles. The zero-order valence-corrected chi connectivity index (χ0v) is 20.6. The van der Waals surface area contributed by atoms with Gasteiger partial charge in [0, 0.05) is 27.1 Å². The maximum absolute atomic E-state index is 6.06. The van der Waals surface area contributed by atoms with Crippen molar-refractivity contribution in [3.05, 3.63) is 81.0 Å². The molecule has 2 nitrogen and oxygen atoms in total. The minimum atomic E-state index is -0.128. The first-order valence-corrected chi connectivity index (χ1v) is 11.5. The van der Waals surface area contributed by atoms with Crippen LogP contribution in [0.5, 0.6) is 11.5 Å². The number of thiophene rings is 1. The van der Waals surface area contributed by atoms with E-state index in [0.717, 1.165) is 27.1 Å². The van der Waals surface area contributed by atoms with Gasteiger partial charge in [0.05, 0.1) is 5.92 Å². The summed E-state index contributed by atoms with van der Waals surface area (Å²) in [6, 6.07) is 16.6. The number of hydrogen-bond donors (Lipinski definition) is 0. The van der Waals surface area contributed by atoms with Gasteiger partial charge in [-0.25, -0.2) is 0 Å². The van der Waals surface area contributed by atoms with Gasteiger partial charge in [-0.15, -0.1) is 11.3 Å². The lowest BCUT2D eigenvalue weighted by molar-refractivity contribution is 0.523. The Morgan fingerprint density at radius 3 is 1.50 bits per heavy atom. The van der Waals surface area contributed by atoms with Crippen LogP contribution in [0.4, 0.5) is 0 Å². The fourth-order valence-corrected chi connectivity index (χ4v) is 5.05. The summed E-state index contributed by atoms with van der Waals surface area (Å²) in [4.78, 5) is 1.16. The lowest BCUT2D eigenvalue weighted by Gasteiger charge is -2.28. The molecule has 0 unspecified atom stereocenters. The molecular formula is C25H28Cl2O2S. The molecule has 3 aromatic rings. The molecule has 0 saturated heterocycles. The molecule has 0 fully saturated rings. The highest BCUT2D eigenvalue weighted by Crippen LogP contribution is 2.48. The number of para-hydroxylation sites is 2. The Labute approximate surface area is 194 Å². The minimum absolute atomic E-state index is 0.126. The lowest BCUT2D eigenvalue weighted by atomic mass is 9.79. The smallest absolute Gasteiger partial charge is 0.154 e. The van der Waals surface area contributed by atoms with Crippen LogP contribution in [0.3, 0.4) is 0 Å². The van der Waals surface area contributed by atoms with Crippen molar-refractivity contribution >= 4 is 35.1 Å². The van der Waals surface area contributed by atoms with Crippen LogP contribution in [0.15, 0.2) is 53.9 Å². The Morgan fingerprint density at radius 2 is 1.17 bits per heavy atom. The molecule has 0 aliphatic heterocycles. The van der Waals surface area contributed by atoms with Gasteiger partial charge in [-0.2, -0.15) is 0 Å². The average molecular weight is 463 g/mol. The number of rotatable bonds is 5. The van der Waals surface area contributed by atoms with Crippen molar-refractivity contribution in [3.8, 4) is 11.5 Å². The molecule has 1 aromatic heterocycles. The maximum atomic E-state index is 6.06. The fraction of sp³-hybridized carbons (Fsp3) is 0.360. The van der Waals surface area contributed by atoms with Crippen LogP contribution in [-0.4, -0.2) is 0 Å². The van der Waals surface area contributed by atoms with E-state index in [4.69, 9.17) is 32.3 Å². The summed E-state index contributed by atoms with van der Waals surface area (Å²) < 4.78 is 11.0. The van der Waals surface area contributed by atoms with Gasteiger partial charge in [-0.3, -0.25) is 0 Å². The molecule has 3 rings (SSSR count). The van der Waals surface area contributed by atoms with Crippen molar-refractivity contribution < 1.29 is 8.58 Å². The predicted molar refractivity (Wildman–Crippen MR) is 129 cm³/mol. The molecule has 0 aliphatic rings. The van der Waals surface area contributed by atoms with Crippen LogP contribution in [-0.2, 0) is 10.8 Å². The minimum Gasteiger partial charge on any atom is -0.385 e. The van der Waals surface area contributed by atoms with Crippen LogP contribution in [0, 0.1) is 0 Å². The van der Waals surface area contributed by atoms with Crippen molar-refractivity contribution in [2.24, 2.45) is 0 Å². The molecule has 2 aromatic carbocycles. The highest BCUT2D eigenvalue weighted by Gasteiger charge is 2.31. The molecular weight excluding hydrogens is 435 g/mol. The van der Waals surface area contributed by atoms with E-state index in [1.807, 2.05) is 0 Å². The Morgan fingerprint density at radius 1 is 0.700 bits per heavy atom. The van der Waals surface area contributed by atoms with Gasteiger partial charge in [-0.05, 0) is 22.3 Å². The first-order valence-electron chi connectivity index (χ1n) is 9.97. The molecule has 0 radical (unpaired) electrons. The van der Waals surface area contributed by atoms with E-state index < -0.39 is 0 Å². The summed E-state index contributed by atoms with van der Waals surface area (Å²) in [6.07, 6.45) is 0. The van der Waals surface area contributed by atoms with Gasteiger partial charge in [-0.1, -0.05) is 84.0 Å². The number of benzene rings is 2. The molecule has 5 heteroatoms. The SMILES string of the molecule is CC(C)(C)c1cccc(C(c2cccs2)c2cccc(C(C)(C)C)c2OCl)c1OCl. The summed E-state index contributed by atoms with van der Waals surface area (Å²) in [5.74, 6) is 1.25. The van der Waals surface area contributed by atoms with Crippen LogP contribution >= 0.6 is 35.1 Å². The quantitative estimate of drug-likeness (QED) is 0.377. The molecule has 0 bridgehead atoms. The maximum Gasteiger partial charge on any atom is 0.154 e. The van der Waals surface area contributed by atoms with Crippen LogP contribution in [0.2, 0.25) is 0 Å². The van der Waals surface area contributed by atoms with Crippen LogP contribution < -0.4 is 8.58 Å². The van der Waals surface area contributed by atoms with E-state index in [1.165, 1.54) is 0 Å². The van der Waals surface area contributed by atoms with E-state index in [2.05, 4.69) is 95.5 Å². The molecule has 0 spiro atoms. The average Bonchev–Trinajstić information content (AvgIpc) is 3.20. The fourth-order valence-electron chi connectivity index (χ4n) is 3.85. The Kier molecular flexibility index (Phi) is 6.76. The third kappa shape index (κ3) is 4.49. The van der Waals surface area contributed by atoms with E-state index >= 15 is 0 Å². The highest BCUT2D eigenvalue weighted by molar-refractivity contribution is 7.10. The molecule has 0 saturated carbocycles. The van der Waals surface area contributed by atoms with Gasteiger partial charge >= 0.3 is 0 Å². The van der Waals surface area contributed by atoms with E-state index in [9.17, 15) is 0 Å². The second-order valence-electron chi connectivity index (χ2n) is 9.55. The summed E-state index contributed by atoms with van der Waals surface area (Å²) in [5.41, 5.74) is 3.83. The van der Waals surface area contributed by atoms with Crippen molar-refractivity contribution in [1.29, 1.82) is 0 Å². The third-order valence-electron chi connectivity index (χ3n) is 5.31. The second kappa shape index (κ2) is 8.82. The zero-order chi connectivity index (χ0) is 22.1. The van der Waals surface area contributed by atoms with Crippen LogP contribution in [0.1, 0.15) is 74.6 Å². The van der Waals surface area contributed by atoms with Crippen molar-refractivity contribution in [1.82, 2.24) is 0 Å². The van der Waals surface area contributed by atoms with Gasteiger partial charge < -0.3 is 8.58 Å². The molecule has 0 amide bonds. The van der Waals surface area contributed by atoms with E-state index in [1.54, 1.807) is 11.3 Å². The third-order valence-corrected chi connectivity index (χ3v) is 6.56. The first-order chi connectivity index (χ1) is 14.1. The molecule has 0 atom stereocenters. The standard InChI is InChI=1S/C25H28Cl2O2S/c1-24(2,3)18-12-7-10-16(22(18)28-26)21(20-14-9-15-30-20)17-11-8-13-19(23(17)29-27)25(4,5)6/h7-15,21H,1-6H3. The Hall–Kier alpha value is -1.68. The van der Waals surface area contributed by atoms with E-state index in [0.29, 0.717) is 11.5 Å². The van der Waals surface area contributed by atoms with E-state index in [-0.39, 0.29) is 16.7 Å². The van der Waals surface area contributed by atoms with Crippen molar-refractivity contribution in [2.75, 3.05) is 0 Å². The van der Waals surface area contributed by atoms with Crippen LogP contribution in [0.25, 0.3) is 0 Å². The monoisotopic (exact) mass is 462 g/mol. The first kappa shape index (κ1) is 23.0. The molecule has 160 valence electrons. The lowest BCUT2D eigenvalue weighted by Crippen LogP contribution is -2.16. The normalized spacial score (nSPS) is 12.3. The van der Waals surface area contributed by atoms with Crippen molar-refractivity contribution in [3.63, 3.8) is 0 Å². The number of hydrogen-bond acceptors (Lipinski definition) is 3. The molecule has 30 heavy (non-hydrogen) atoms. The summed E-state index contributed by atoms with van der Waals surface area (Å²) in [7, 11) is 0.